The van der Waals surface area contributed by atoms with Gasteiger partial charge in [0.15, 0.2) is 0 Å². The summed E-state index contributed by atoms with van der Waals surface area (Å²) >= 11 is 13.5. The van der Waals surface area contributed by atoms with Crippen molar-refractivity contribution in [1.29, 1.82) is 0 Å². The molecular weight excluding hydrogens is 517 g/mol. The van der Waals surface area contributed by atoms with Gasteiger partial charge in [-0.15, -0.1) is 0 Å². The standard InChI is InChI=1S/C23H19Cl2N3O4S2/c1-14-6-9-16(10-7-14)34(31,32)28(19-5-3-4-17(24)22(19)25)13-21(29)26-15-8-11-18-20(12-15)33-23(30)27(18)2/h3-12H,13H2,1-2H3,(H,26,29). The highest BCUT2D eigenvalue weighted by atomic mass is 35.5. The Bertz CT molecular complexity index is 1560. The fourth-order valence-electron chi connectivity index (χ4n) is 3.36. The Labute approximate surface area is 210 Å². The summed E-state index contributed by atoms with van der Waals surface area (Å²) < 4.78 is 30.2. The van der Waals surface area contributed by atoms with Crippen LogP contribution >= 0.6 is 34.5 Å². The van der Waals surface area contributed by atoms with Crippen LogP contribution in [0.4, 0.5) is 11.4 Å². The first-order valence-corrected chi connectivity index (χ1v) is 13.0. The monoisotopic (exact) mass is 535 g/mol. The number of nitrogens with zero attached hydrogens (tertiary/aromatic N) is 2. The average Bonchev–Trinajstić information content (AvgIpc) is 3.07. The molecule has 0 aliphatic carbocycles. The van der Waals surface area contributed by atoms with E-state index in [1.165, 1.54) is 28.8 Å². The van der Waals surface area contributed by atoms with E-state index in [9.17, 15) is 18.0 Å². The Kier molecular flexibility index (Phi) is 6.73. The molecular formula is C23H19Cl2N3O4S2. The smallest absolute Gasteiger partial charge is 0.307 e. The van der Waals surface area contributed by atoms with E-state index in [-0.39, 0.29) is 25.5 Å². The van der Waals surface area contributed by atoms with Crippen molar-refractivity contribution < 1.29 is 13.2 Å². The zero-order valence-electron chi connectivity index (χ0n) is 18.1. The third kappa shape index (κ3) is 4.69. The molecule has 0 aliphatic heterocycles. The van der Waals surface area contributed by atoms with E-state index in [1.54, 1.807) is 43.4 Å². The maximum absolute atomic E-state index is 13.5. The minimum atomic E-state index is -4.15. The summed E-state index contributed by atoms with van der Waals surface area (Å²) in [4.78, 5) is 24.8. The topological polar surface area (TPSA) is 88.5 Å². The Morgan fingerprint density at radius 1 is 1.09 bits per heavy atom. The lowest BCUT2D eigenvalue weighted by atomic mass is 10.2. The molecule has 11 heteroatoms. The summed E-state index contributed by atoms with van der Waals surface area (Å²) in [6.45, 7) is 1.30. The van der Waals surface area contributed by atoms with Crippen molar-refractivity contribution in [2.75, 3.05) is 16.2 Å². The summed E-state index contributed by atoms with van der Waals surface area (Å²) in [5.41, 5.74) is 2.15. The number of carbonyl (C=O) groups excluding carboxylic acids is 1. The number of fused-ring (bicyclic) bond motifs is 1. The Balaban J connectivity index is 1.69. The van der Waals surface area contributed by atoms with E-state index in [1.807, 2.05) is 6.92 Å². The Hall–Kier alpha value is -2.85. The molecule has 34 heavy (non-hydrogen) atoms. The summed E-state index contributed by atoms with van der Waals surface area (Å²) in [6.07, 6.45) is 0. The number of aryl methyl sites for hydroxylation is 2. The lowest BCUT2D eigenvalue weighted by Gasteiger charge is -2.25. The van der Waals surface area contributed by atoms with Crippen LogP contribution in [0.1, 0.15) is 5.56 Å². The fourth-order valence-corrected chi connectivity index (χ4v) is 6.16. The maximum atomic E-state index is 13.5. The van der Waals surface area contributed by atoms with Crippen molar-refractivity contribution in [2.45, 2.75) is 11.8 Å². The van der Waals surface area contributed by atoms with Gasteiger partial charge in [-0.2, -0.15) is 0 Å². The quantitative estimate of drug-likeness (QED) is 0.374. The number of benzene rings is 3. The first-order valence-electron chi connectivity index (χ1n) is 10.0. The highest BCUT2D eigenvalue weighted by molar-refractivity contribution is 7.92. The van der Waals surface area contributed by atoms with E-state index < -0.39 is 22.5 Å². The van der Waals surface area contributed by atoms with Gasteiger partial charge >= 0.3 is 4.87 Å². The fraction of sp³-hybridized carbons (Fsp3) is 0.130. The van der Waals surface area contributed by atoms with Crippen molar-refractivity contribution in [3.63, 3.8) is 0 Å². The first-order chi connectivity index (χ1) is 16.1. The molecule has 1 N–H and O–H groups in total. The van der Waals surface area contributed by atoms with Crippen molar-refractivity contribution in [2.24, 2.45) is 7.05 Å². The highest BCUT2D eigenvalue weighted by Crippen LogP contribution is 2.35. The number of amides is 1. The van der Waals surface area contributed by atoms with Crippen LogP contribution in [0, 0.1) is 6.92 Å². The van der Waals surface area contributed by atoms with E-state index in [0.29, 0.717) is 10.4 Å². The lowest BCUT2D eigenvalue weighted by Crippen LogP contribution is -2.38. The normalized spacial score (nSPS) is 11.5. The molecule has 0 atom stereocenters. The summed E-state index contributed by atoms with van der Waals surface area (Å²) in [6, 6.07) is 15.9. The zero-order chi connectivity index (χ0) is 24.6. The SMILES string of the molecule is Cc1ccc(S(=O)(=O)N(CC(=O)Nc2ccc3c(c2)sc(=O)n3C)c2cccc(Cl)c2Cl)cc1. The maximum Gasteiger partial charge on any atom is 0.307 e. The molecule has 0 bridgehead atoms. The van der Waals surface area contributed by atoms with Crippen LogP contribution in [0.15, 0.2) is 70.4 Å². The number of anilines is 2. The number of hydrogen-bond acceptors (Lipinski definition) is 5. The van der Waals surface area contributed by atoms with Gasteiger partial charge in [0.25, 0.3) is 10.0 Å². The Morgan fingerprint density at radius 2 is 1.79 bits per heavy atom. The third-order valence-electron chi connectivity index (χ3n) is 5.17. The van der Waals surface area contributed by atoms with Crippen molar-refractivity contribution in [3.05, 3.63) is 85.9 Å². The molecule has 0 saturated heterocycles. The number of hydrogen-bond donors (Lipinski definition) is 1. The molecule has 7 nitrogen and oxygen atoms in total. The summed E-state index contributed by atoms with van der Waals surface area (Å²) in [5, 5.41) is 2.88. The molecule has 4 aromatic rings. The van der Waals surface area contributed by atoms with Crippen LogP contribution in [0.5, 0.6) is 0 Å². The van der Waals surface area contributed by atoms with Crippen LogP contribution in [0.3, 0.4) is 0 Å². The molecule has 1 amide bonds. The van der Waals surface area contributed by atoms with Gasteiger partial charge in [0.1, 0.15) is 6.54 Å². The molecule has 1 heterocycles. The molecule has 0 unspecified atom stereocenters. The predicted octanol–water partition coefficient (Wildman–Crippen LogP) is 5.05. The van der Waals surface area contributed by atoms with Crippen LogP contribution < -0.4 is 14.5 Å². The molecule has 4 rings (SSSR count). The van der Waals surface area contributed by atoms with Crippen LogP contribution in [0.2, 0.25) is 10.0 Å². The first kappa shape index (κ1) is 24.3. The number of halogens is 2. The van der Waals surface area contributed by atoms with Gasteiger partial charge in [-0.05, 0) is 49.4 Å². The van der Waals surface area contributed by atoms with Gasteiger partial charge < -0.3 is 9.88 Å². The number of nitrogens with one attached hydrogen (secondary N) is 1. The van der Waals surface area contributed by atoms with Crippen LogP contribution in [0.25, 0.3) is 10.2 Å². The van der Waals surface area contributed by atoms with Crippen LogP contribution in [-0.2, 0) is 21.9 Å². The van der Waals surface area contributed by atoms with Gasteiger partial charge in [0.05, 0.1) is 30.8 Å². The minimum Gasteiger partial charge on any atom is -0.324 e. The van der Waals surface area contributed by atoms with Crippen LogP contribution in [-0.4, -0.2) is 25.4 Å². The molecule has 176 valence electrons. The highest BCUT2D eigenvalue weighted by Gasteiger charge is 2.29. The van der Waals surface area contributed by atoms with Gasteiger partial charge in [0, 0.05) is 12.7 Å². The predicted molar refractivity (Wildman–Crippen MR) is 138 cm³/mol. The minimum absolute atomic E-state index is 0.0115. The second-order valence-corrected chi connectivity index (χ2v) is 11.2. The molecule has 0 radical (unpaired) electrons. The Morgan fingerprint density at radius 3 is 2.50 bits per heavy atom. The number of carbonyl (C=O) groups is 1. The average molecular weight is 536 g/mol. The van der Waals surface area contributed by atoms with Gasteiger partial charge in [-0.25, -0.2) is 8.42 Å². The largest absolute Gasteiger partial charge is 0.324 e. The van der Waals surface area contributed by atoms with Gasteiger partial charge in [-0.3, -0.25) is 13.9 Å². The second kappa shape index (κ2) is 9.42. The molecule has 0 spiro atoms. The van der Waals surface area contributed by atoms with E-state index in [0.717, 1.165) is 26.7 Å². The molecule has 0 aliphatic rings. The van der Waals surface area contributed by atoms with E-state index in [2.05, 4.69) is 5.32 Å². The zero-order valence-corrected chi connectivity index (χ0v) is 21.2. The number of rotatable bonds is 6. The molecule has 0 fully saturated rings. The van der Waals surface area contributed by atoms with Crippen molar-refractivity contribution in [1.82, 2.24) is 4.57 Å². The third-order valence-corrected chi connectivity index (χ3v) is 8.75. The van der Waals surface area contributed by atoms with Gasteiger partial charge in [-0.1, -0.05) is 58.3 Å². The molecule has 3 aromatic carbocycles. The van der Waals surface area contributed by atoms with Gasteiger partial charge in [0.2, 0.25) is 5.91 Å². The number of sulfonamides is 1. The van der Waals surface area contributed by atoms with Crippen molar-refractivity contribution >= 4 is 72.1 Å². The lowest BCUT2D eigenvalue weighted by molar-refractivity contribution is -0.114. The summed E-state index contributed by atoms with van der Waals surface area (Å²) in [5.74, 6) is -0.589. The summed E-state index contributed by atoms with van der Waals surface area (Å²) in [7, 11) is -2.48. The molecule has 1 aromatic heterocycles. The van der Waals surface area contributed by atoms with E-state index in [4.69, 9.17) is 23.2 Å². The second-order valence-electron chi connectivity index (χ2n) is 7.56. The van der Waals surface area contributed by atoms with E-state index >= 15 is 0 Å². The molecule has 0 saturated carbocycles. The number of thiazole rings is 1. The number of aromatic nitrogens is 1. The van der Waals surface area contributed by atoms with Crippen molar-refractivity contribution in [3.8, 4) is 0 Å².